The van der Waals surface area contributed by atoms with Crippen LogP contribution in [0.5, 0.6) is 0 Å². The van der Waals surface area contributed by atoms with Crippen molar-refractivity contribution in [1.29, 1.82) is 0 Å². The zero-order valence-corrected chi connectivity index (χ0v) is 11.1. The van der Waals surface area contributed by atoms with Crippen LogP contribution in [0.2, 0.25) is 5.15 Å². The number of hydrogen-bond donors (Lipinski definition) is 0. The first-order chi connectivity index (χ1) is 8.77. The molecule has 0 N–H and O–H groups in total. The summed E-state index contributed by atoms with van der Waals surface area (Å²) in [5.41, 5.74) is 4.55. The van der Waals surface area contributed by atoms with E-state index in [4.69, 9.17) is 11.6 Å². The van der Waals surface area contributed by atoms with Gasteiger partial charge in [0.1, 0.15) is 11.5 Å². The quantitative estimate of drug-likeness (QED) is 0.748. The fraction of sp³-hybridized carbons (Fsp3) is 0.333. The van der Waals surface area contributed by atoms with Crippen LogP contribution in [0.4, 0.5) is 0 Å². The first-order valence-electron chi connectivity index (χ1n) is 6.34. The van der Waals surface area contributed by atoms with E-state index in [1.165, 1.54) is 30.4 Å². The third-order valence-electron chi connectivity index (χ3n) is 3.78. The molecule has 1 fully saturated rings. The van der Waals surface area contributed by atoms with Gasteiger partial charge >= 0.3 is 0 Å². The maximum atomic E-state index is 6.09. The highest BCUT2D eigenvalue weighted by Gasteiger charge is 2.23. The standard InChI is InChI=1S/C15H15ClN2/c1-10-14(17-9-18-15(10)16)13-8-3-2-7-12(13)11-5-4-6-11/h2-3,7-9,11H,4-6H2,1H3. The Balaban J connectivity index is 2.13. The summed E-state index contributed by atoms with van der Waals surface area (Å²) in [6.07, 6.45) is 5.45. The molecule has 1 aliphatic rings. The Bertz CT molecular complexity index is 576. The first kappa shape index (κ1) is 11.7. The van der Waals surface area contributed by atoms with E-state index in [1.54, 1.807) is 6.33 Å². The normalized spacial score (nSPS) is 15.4. The molecule has 92 valence electrons. The van der Waals surface area contributed by atoms with Gasteiger partial charge in [-0.1, -0.05) is 42.3 Å². The van der Waals surface area contributed by atoms with Crippen molar-refractivity contribution in [2.45, 2.75) is 32.1 Å². The van der Waals surface area contributed by atoms with Crippen molar-refractivity contribution in [2.75, 3.05) is 0 Å². The maximum absolute atomic E-state index is 6.09. The number of nitrogens with zero attached hydrogens (tertiary/aromatic N) is 2. The lowest BCUT2D eigenvalue weighted by atomic mass is 9.77. The monoisotopic (exact) mass is 258 g/mol. The number of halogens is 1. The van der Waals surface area contributed by atoms with Gasteiger partial charge in [-0.2, -0.15) is 0 Å². The van der Waals surface area contributed by atoms with Crippen molar-refractivity contribution in [2.24, 2.45) is 0 Å². The number of benzene rings is 1. The van der Waals surface area contributed by atoms with Crippen LogP contribution in [0.1, 0.15) is 36.3 Å². The molecule has 0 bridgehead atoms. The predicted octanol–water partition coefficient (Wildman–Crippen LogP) is 4.37. The maximum Gasteiger partial charge on any atom is 0.135 e. The molecule has 1 heterocycles. The topological polar surface area (TPSA) is 25.8 Å². The van der Waals surface area contributed by atoms with E-state index in [2.05, 4.69) is 34.2 Å². The van der Waals surface area contributed by atoms with Gasteiger partial charge in [0.05, 0.1) is 5.69 Å². The van der Waals surface area contributed by atoms with Crippen LogP contribution in [0.15, 0.2) is 30.6 Å². The molecular weight excluding hydrogens is 244 g/mol. The second-order valence-electron chi connectivity index (χ2n) is 4.85. The van der Waals surface area contributed by atoms with Gasteiger partial charge in [0.2, 0.25) is 0 Å². The molecule has 0 spiro atoms. The molecule has 0 aliphatic heterocycles. The molecule has 1 aromatic heterocycles. The van der Waals surface area contributed by atoms with Crippen LogP contribution in [0.25, 0.3) is 11.3 Å². The van der Waals surface area contributed by atoms with Gasteiger partial charge < -0.3 is 0 Å². The average Bonchev–Trinajstić information content (AvgIpc) is 2.32. The summed E-state index contributed by atoms with van der Waals surface area (Å²) in [6.45, 7) is 1.98. The Kier molecular flexibility index (Phi) is 3.04. The van der Waals surface area contributed by atoms with Gasteiger partial charge in [0.25, 0.3) is 0 Å². The minimum Gasteiger partial charge on any atom is -0.236 e. The second-order valence-corrected chi connectivity index (χ2v) is 5.21. The summed E-state index contributed by atoms with van der Waals surface area (Å²) in [5, 5.41) is 0.545. The number of rotatable bonds is 2. The van der Waals surface area contributed by atoms with Gasteiger partial charge in [-0.05, 0) is 31.2 Å². The molecule has 1 saturated carbocycles. The van der Waals surface area contributed by atoms with E-state index < -0.39 is 0 Å². The summed E-state index contributed by atoms with van der Waals surface area (Å²) in [5.74, 6) is 0.689. The Morgan fingerprint density at radius 1 is 1.17 bits per heavy atom. The molecule has 0 saturated heterocycles. The smallest absolute Gasteiger partial charge is 0.135 e. The second kappa shape index (κ2) is 4.69. The van der Waals surface area contributed by atoms with Crippen molar-refractivity contribution in [1.82, 2.24) is 9.97 Å². The molecular formula is C15H15ClN2. The zero-order chi connectivity index (χ0) is 12.5. The summed E-state index contributed by atoms with van der Waals surface area (Å²) in [6, 6.07) is 8.52. The van der Waals surface area contributed by atoms with Crippen molar-refractivity contribution in [3.63, 3.8) is 0 Å². The van der Waals surface area contributed by atoms with E-state index in [-0.39, 0.29) is 0 Å². The molecule has 2 nitrogen and oxygen atoms in total. The lowest BCUT2D eigenvalue weighted by Gasteiger charge is -2.28. The van der Waals surface area contributed by atoms with Gasteiger partial charge in [-0.25, -0.2) is 9.97 Å². The fourth-order valence-electron chi connectivity index (χ4n) is 2.49. The molecule has 0 unspecified atom stereocenters. The molecule has 3 heteroatoms. The van der Waals surface area contributed by atoms with E-state index in [0.717, 1.165) is 11.3 Å². The lowest BCUT2D eigenvalue weighted by Crippen LogP contribution is -2.10. The third kappa shape index (κ3) is 1.91. The molecule has 1 aliphatic carbocycles. The van der Waals surface area contributed by atoms with Gasteiger partial charge in [-0.15, -0.1) is 0 Å². The van der Waals surface area contributed by atoms with Gasteiger partial charge in [0.15, 0.2) is 0 Å². The lowest BCUT2D eigenvalue weighted by molar-refractivity contribution is 0.420. The fourth-order valence-corrected chi connectivity index (χ4v) is 2.62. The van der Waals surface area contributed by atoms with Gasteiger partial charge in [0, 0.05) is 11.1 Å². The molecule has 1 aromatic carbocycles. The molecule has 18 heavy (non-hydrogen) atoms. The van der Waals surface area contributed by atoms with Crippen molar-refractivity contribution >= 4 is 11.6 Å². The van der Waals surface area contributed by atoms with Crippen LogP contribution in [-0.2, 0) is 0 Å². The highest BCUT2D eigenvalue weighted by molar-refractivity contribution is 6.30. The molecule has 2 aromatic rings. The zero-order valence-electron chi connectivity index (χ0n) is 10.4. The number of aromatic nitrogens is 2. The molecule has 0 radical (unpaired) electrons. The molecule has 0 amide bonds. The van der Waals surface area contributed by atoms with Crippen LogP contribution < -0.4 is 0 Å². The Labute approximate surface area is 112 Å². The predicted molar refractivity (Wildman–Crippen MR) is 73.8 cm³/mol. The van der Waals surface area contributed by atoms with Crippen LogP contribution >= 0.6 is 11.6 Å². The Morgan fingerprint density at radius 2 is 1.94 bits per heavy atom. The summed E-state index contributed by atoms with van der Waals surface area (Å²) in [7, 11) is 0. The largest absolute Gasteiger partial charge is 0.236 e. The molecule has 3 rings (SSSR count). The summed E-state index contributed by atoms with van der Waals surface area (Å²) < 4.78 is 0. The Morgan fingerprint density at radius 3 is 2.67 bits per heavy atom. The summed E-state index contributed by atoms with van der Waals surface area (Å²) in [4.78, 5) is 8.44. The van der Waals surface area contributed by atoms with E-state index in [1.807, 2.05) is 6.92 Å². The van der Waals surface area contributed by atoms with E-state index >= 15 is 0 Å². The average molecular weight is 259 g/mol. The number of hydrogen-bond acceptors (Lipinski definition) is 2. The Hall–Kier alpha value is -1.41. The van der Waals surface area contributed by atoms with Crippen LogP contribution in [-0.4, -0.2) is 9.97 Å². The third-order valence-corrected chi connectivity index (χ3v) is 4.16. The van der Waals surface area contributed by atoms with Crippen molar-refractivity contribution in [3.05, 3.63) is 46.9 Å². The SMILES string of the molecule is Cc1c(Cl)ncnc1-c1ccccc1C1CCC1. The van der Waals surface area contributed by atoms with Crippen LogP contribution in [0.3, 0.4) is 0 Å². The van der Waals surface area contributed by atoms with Gasteiger partial charge in [-0.3, -0.25) is 0 Å². The minimum atomic E-state index is 0.545. The van der Waals surface area contributed by atoms with E-state index in [9.17, 15) is 0 Å². The van der Waals surface area contributed by atoms with Crippen LogP contribution in [0, 0.1) is 6.92 Å². The molecule has 0 atom stereocenters. The summed E-state index contributed by atoms with van der Waals surface area (Å²) >= 11 is 6.09. The van der Waals surface area contributed by atoms with Crippen molar-refractivity contribution < 1.29 is 0 Å². The highest BCUT2D eigenvalue weighted by atomic mass is 35.5. The van der Waals surface area contributed by atoms with E-state index in [0.29, 0.717) is 11.1 Å². The first-order valence-corrected chi connectivity index (χ1v) is 6.71. The highest BCUT2D eigenvalue weighted by Crippen LogP contribution is 2.41. The minimum absolute atomic E-state index is 0.545. The van der Waals surface area contributed by atoms with Crippen molar-refractivity contribution in [3.8, 4) is 11.3 Å².